The smallest absolute Gasteiger partial charge is 0.330 e. The first-order valence-corrected chi connectivity index (χ1v) is 7.05. The highest BCUT2D eigenvalue weighted by molar-refractivity contribution is 5.83. The topological polar surface area (TPSA) is 52.6 Å². The van der Waals surface area contributed by atoms with E-state index in [0.29, 0.717) is 0 Å². The molecular weight excluding hydrogens is 244 g/mol. The molecule has 0 heterocycles. The van der Waals surface area contributed by atoms with Gasteiger partial charge in [0.15, 0.2) is 0 Å². The Morgan fingerprint density at radius 3 is 2.53 bits per heavy atom. The second-order valence-corrected chi connectivity index (χ2v) is 5.55. The molecule has 106 valence electrons. The molecule has 2 aliphatic rings. The Hall–Kier alpha value is -1.32. The number of hydrogen-bond donors (Lipinski definition) is 0. The second kappa shape index (κ2) is 5.76. The van der Waals surface area contributed by atoms with E-state index < -0.39 is 0 Å². The van der Waals surface area contributed by atoms with Gasteiger partial charge in [0.2, 0.25) is 0 Å². The number of carbonyl (C=O) groups excluding carboxylic acids is 2. The van der Waals surface area contributed by atoms with E-state index in [-0.39, 0.29) is 23.5 Å². The van der Waals surface area contributed by atoms with E-state index in [1.165, 1.54) is 20.5 Å². The number of ether oxygens (including phenoxy) is 2. The lowest BCUT2D eigenvalue weighted by Gasteiger charge is -2.39. The van der Waals surface area contributed by atoms with Crippen LogP contribution in [0.3, 0.4) is 0 Å². The number of carbonyl (C=O) groups is 2. The lowest BCUT2D eigenvalue weighted by Crippen LogP contribution is -2.36. The third-order valence-electron chi connectivity index (χ3n) is 4.48. The van der Waals surface area contributed by atoms with Gasteiger partial charge in [0.05, 0.1) is 7.11 Å². The lowest BCUT2D eigenvalue weighted by molar-refractivity contribution is -0.152. The van der Waals surface area contributed by atoms with Crippen molar-refractivity contribution in [2.45, 2.75) is 58.0 Å². The molecule has 0 aromatic heterocycles. The number of hydrogen-bond acceptors (Lipinski definition) is 4. The van der Waals surface area contributed by atoms with Gasteiger partial charge in [0.1, 0.15) is 6.10 Å². The summed E-state index contributed by atoms with van der Waals surface area (Å²) in [4.78, 5) is 22.8. The van der Waals surface area contributed by atoms with Gasteiger partial charge >= 0.3 is 11.9 Å². The van der Waals surface area contributed by atoms with Gasteiger partial charge in [0, 0.05) is 18.4 Å². The van der Waals surface area contributed by atoms with Gasteiger partial charge in [-0.25, -0.2) is 4.79 Å². The van der Waals surface area contributed by atoms with Crippen LogP contribution in [0.4, 0.5) is 0 Å². The largest absolute Gasteiger partial charge is 0.466 e. The molecule has 1 unspecified atom stereocenters. The van der Waals surface area contributed by atoms with Crippen molar-refractivity contribution in [3.63, 3.8) is 0 Å². The van der Waals surface area contributed by atoms with Crippen molar-refractivity contribution >= 4 is 11.9 Å². The molecule has 0 N–H and O–H groups in total. The van der Waals surface area contributed by atoms with E-state index in [2.05, 4.69) is 0 Å². The third-order valence-corrected chi connectivity index (χ3v) is 4.48. The summed E-state index contributed by atoms with van der Waals surface area (Å²) in [5, 5.41) is 0. The van der Waals surface area contributed by atoms with Crippen LogP contribution in [0.25, 0.3) is 0 Å². The fraction of sp³-hybridized carbons (Fsp3) is 0.733. The molecule has 0 amide bonds. The first kappa shape index (κ1) is 14.1. The highest BCUT2D eigenvalue weighted by atomic mass is 16.5. The maximum atomic E-state index is 11.5. The standard InChI is InChI=1S/C15H22O4/c1-11(16)19-13-7-6-12(10-14(17)18-2)15(13)8-4-3-5-9-15/h10,13H,3-9H2,1-2H3/b12-10+. The highest BCUT2D eigenvalue weighted by Gasteiger charge is 2.49. The third kappa shape index (κ3) is 2.82. The summed E-state index contributed by atoms with van der Waals surface area (Å²) < 4.78 is 10.3. The van der Waals surface area contributed by atoms with E-state index in [0.717, 1.165) is 44.1 Å². The van der Waals surface area contributed by atoms with Gasteiger partial charge in [-0.15, -0.1) is 0 Å². The van der Waals surface area contributed by atoms with Crippen LogP contribution in [-0.2, 0) is 19.1 Å². The van der Waals surface area contributed by atoms with Crippen molar-refractivity contribution in [2.24, 2.45) is 5.41 Å². The zero-order valence-corrected chi connectivity index (χ0v) is 11.7. The van der Waals surface area contributed by atoms with E-state index in [4.69, 9.17) is 9.47 Å². The predicted octanol–water partition coefficient (Wildman–Crippen LogP) is 2.76. The van der Waals surface area contributed by atoms with Gasteiger partial charge in [-0.3, -0.25) is 4.79 Å². The lowest BCUT2D eigenvalue weighted by atomic mass is 9.69. The molecule has 0 aromatic rings. The number of rotatable bonds is 2. The minimum Gasteiger partial charge on any atom is -0.466 e. The molecule has 1 spiro atoms. The van der Waals surface area contributed by atoms with Gasteiger partial charge < -0.3 is 9.47 Å². The Balaban J connectivity index is 2.27. The van der Waals surface area contributed by atoms with Crippen LogP contribution in [0.2, 0.25) is 0 Å². The molecular formula is C15H22O4. The number of methoxy groups -OCH3 is 1. The molecule has 0 radical (unpaired) electrons. The first-order valence-electron chi connectivity index (χ1n) is 7.05. The fourth-order valence-electron chi connectivity index (χ4n) is 3.63. The zero-order valence-electron chi connectivity index (χ0n) is 11.7. The van der Waals surface area contributed by atoms with Crippen LogP contribution >= 0.6 is 0 Å². The van der Waals surface area contributed by atoms with Crippen LogP contribution in [0.1, 0.15) is 51.9 Å². The molecule has 2 rings (SSSR count). The molecule has 0 aliphatic heterocycles. The number of esters is 2. The van der Waals surface area contributed by atoms with Crippen molar-refractivity contribution in [1.82, 2.24) is 0 Å². The van der Waals surface area contributed by atoms with Gasteiger partial charge in [-0.2, -0.15) is 0 Å². The van der Waals surface area contributed by atoms with Crippen LogP contribution < -0.4 is 0 Å². The SMILES string of the molecule is COC(=O)/C=C1\CCC(OC(C)=O)C12CCCCC2. The summed E-state index contributed by atoms with van der Waals surface area (Å²) in [5.41, 5.74) is 1.00. The molecule has 0 bridgehead atoms. The van der Waals surface area contributed by atoms with Crippen LogP contribution in [0.5, 0.6) is 0 Å². The first-order chi connectivity index (χ1) is 9.08. The summed E-state index contributed by atoms with van der Waals surface area (Å²) in [6, 6.07) is 0. The molecule has 19 heavy (non-hydrogen) atoms. The molecule has 4 heteroatoms. The minimum atomic E-state index is -0.302. The molecule has 2 aliphatic carbocycles. The summed E-state index contributed by atoms with van der Waals surface area (Å²) >= 11 is 0. The van der Waals surface area contributed by atoms with Crippen molar-refractivity contribution in [3.05, 3.63) is 11.6 Å². The van der Waals surface area contributed by atoms with Gasteiger partial charge in [-0.1, -0.05) is 24.8 Å². The van der Waals surface area contributed by atoms with Crippen LogP contribution in [0, 0.1) is 5.41 Å². The van der Waals surface area contributed by atoms with Gasteiger partial charge in [0.25, 0.3) is 0 Å². The quantitative estimate of drug-likeness (QED) is 0.569. The summed E-state index contributed by atoms with van der Waals surface area (Å²) in [7, 11) is 1.39. The van der Waals surface area contributed by atoms with Crippen molar-refractivity contribution < 1.29 is 19.1 Å². The molecule has 2 fully saturated rings. The maximum absolute atomic E-state index is 11.5. The fourth-order valence-corrected chi connectivity index (χ4v) is 3.63. The van der Waals surface area contributed by atoms with Gasteiger partial charge in [-0.05, 0) is 25.7 Å². The second-order valence-electron chi connectivity index (χ2n) is 5.55. The van der Waals surface area contributed by atoms with Crippen molar-refractivity contribution in [1.29, 1.82) is 0 Å². The Labute approximate surface area is 114 Å². The maximum Gasteiger partial charge on any atom is 0.330 e. The Kier molecular flexibility index (Phi) is 4.27. The van der Waals surface area contributed by atoms with Crippen LogP contribution in [0.15, 0.2) is 11.6 Å². The molecule has 0 saturated heterocycles. The molecule has 1 atom stereocenters. The monoisotopic (exact) mass is 266 g/mol. The van der Waals surface area contributed by atoms with Crippen molar-refractivity contribution in [2.75, 3.05) is 7.11 Å². The average molecular weight is 266 g/mol. The minimum absolute atomic E-state index is 0.0683. The normalized spacial score (nSPS) is 27.5. The summed E-state index contributed by atoms with van der Waals surface area (Å²) in [5.74, 6) is -0.530. The van der Waals surface area contributed by atoms with E-state index in [1.807, 2.05) is 0 Å². The average Bonchev–Trinajstić information content (AvgIpc) is 2.69. The molecule has 2 saturated carbocycles. The summed E-state index contributed by atoms with van der Waals surface area (Å²) in [6.07, 6.45) is 8.71. The summed E-state index contributed by atoms with van der Waals surface area (Å²) in [6.45, 7) is 1.46. The Morgan fingerprint density at radius 2 is 1.95 bits per heavy atom. The Bertz CT molecular complexity index is 391. The highest BCUT2D eigenvalue weighted by Crippen LogP contribution is 2.53. The molecule has 4 nitrogen and oxygen atoms in total. The van der Waals surface area contributed by atoms with Crippen molar-refractivity contribution in [3.8, 4) is 0 Å². The zero-order chi connectivity index (χ0) is 13.9. The van der Waals surface area contributed by atoms with E-state index >= 15 is 0 Å². The van der Waals surface area contributed by atoms with E-state index in [1.54, 1.807) is 6.08 Å². The van der Waals surface area contributed by atoms with E-state index in [9.17, 15) is 9.59 Å². The Morgan fingerprint density at radius 1 is 1.26 bits per heavy atom. The predicted molar refractivity (Wildman–Crippen MR) is 70.4 cm³/mol. The molecule has 0 aromatic carbocycles. The van der Waals surface area contributed by atoms with Crippen LogP contribution in [-0.4, -0.2) is 25.2 Å².